The molecule has 0 radical (unpaired) electrons. The van der Waals surface area contributed by atoms with E-state index in [1.54, 1.807) is 0 Å². The summed E-state index contributed by atoms with van der Waals surface area (Å²) < 4.78 is 5.87. The van der Waals surface area contributed by atoms with Gasteiger partial charge in [-0.05, 0) is 64.1 Å². The summed E-state index contributed by atoms with van der Waals surface area (Å²) in [6, 6.07) is 8.88. The first kappa shape index (κ1) is 19.5. The van der Waals surface area contributed by atoms with Crippen molar-refractivity contribution in [2.75, 3.05) is 38.5 Å². The van der Waals surface area contributed by atoms with Gasteiger partial charge in [0, 0.05) is 30.6 Å². The highest BCUT2D eigenvalue weighted by Gasteiger charge is 2.29. The third kappa shape index (κ3) is 5.86. The molecule has 2 fully saturated rings. The van der Waals surface area contributed by atoms with Crippen molar-refractivity contribution in [2.24, 2.45) is 0 Å². The minimum absolute atomic E-state index is 0.366. The number of hydrogen-bond donors (Lipinski definition) is 0. The first-order valence-electron chi connectivity index (χ1n) is 9.61. The van der Waals surface area contributed by atoms with Crippen molar-refractivity contribution in [3.8, 4) is 0 Å². The van der Waals surface area contributed by atoms with Crippen molar-refractivity contribution in [2.45, 2.75) is 56.3 Å². The van der Waals surface area contributed by atoms with Crippen LogP contribution >= 0.6 is 23.4 Å². The Kier molecular flexibility index (Phi) is 7.50. The van der Waals surface area contributed by atoms with Gasteiger partial charge in [0.15, 0.2) is 0 Å². The lowest BCUT2D eigenvalue weighted by molar-refractivity contribution is -0.0722. The molecule has 2 aliphatic heterocycles. The zero-order chi connectivity index (χ0) is 17.6. The Bertz CT molecular complexity index is 534. The normalized spacial score (nSPS) is 28.5. The average molecular weight is 383 g/mol. The molecule has 25 heavy (non-hydrogen) atoms. The zero-order valence-corrected chi connectivity index (χ0v) is 17.1. The first-order valence-corrected chi connectivity index (χ1v) is 11.0. The van der Waals surface area contributed by atoms with Gasteiger partial charge in [-0.2, -0.15) is 0 Å². The van der Waals surface area contributed by atoms with Crippen molar-refractivity contribution in [3.05, 3.63) is 29.3 Å². The Morgan fingerprint density at radius 2 is 1.96 bits per heavy atom. The standard InChI is InChI=1S/C20H31ClN2OS/c1-16-13-22(14-17(2)24-16)15-18-7-5-10-23(18)11-6-12-25-20-9-4-3-8-19(20)21/h3-4,8-9,16-18H,5-7,10-15H2,1-2H3/t16-,17+,18-/m0/s1. The van der Waals surface area contributed by atoms with E-state index in [9.17, 15) is 0 Å². The van der Waals surface area contributed by atoms with Crippen LogP contribution in [0.2, 0.25) is 5.02 Å². The Labute approximate surface area is 162 Å². The Morgan fingerprint density at radius 1 is 1.20 bits per heavy atom. The molecule has 0 aromatic heterocycles. The number of hydrogen-bond acceptors (Lipinski definition) is 4. The fourth-order valence-electron chi connectivity index (χ4n) is 4.14. The van der Waals surface area contributed by atoms with E-state index in [1.165, 1.54) is 43.8 Å². The highest BCUT2D eigenvalue weighted by molar-refractivity contribution is 7.99. The van der Waals surface area contributed by atoms with E-state index in [0.717, 1.165) is 29.9 Å². The van der Waals surface area contributed by atoms with Crippen molar-refractivity contribution in [1.29, 1.82) is 0 Å². The zero-order valence-electron chi connectivity index (χ0n) is 15.5. The Balaban J connectivity index is 1.40. The molecule has 0 saturated carbocycles. The molecule has 2 heterocycles. The van der Waals surface area contributed by atoms with Gasteiger partial charge in [0.2, 0.25) is 0 Å². The van der Waals surface area contributed by atoms with E-state index < -0.39 is 0 Å². The average Bonchev–Trinajstić information content (AvgIpc) is 2.99. The van der Waals surface area contributed by atoms with Gasteiger partial charge in [-0.3, -0.25) is 9.80 Å². The molecule has 0 amide bonds. The van der Waals surface area contributed by atoms with Crippen LogP contribution in [0.15, 0.2) is 29.2 Å². The van der Waals surface area contributed by atoms with E-state index in [4.69, 9.17) is 16.3 Å². The predicted octanol–water partition coefficient (Wildman–Crippen LogP) is 4.40. The van der Waals surface area contributed by atoms with Crippen LogP contribution < -0.4 is 0 Å². The minimum Gasteiger partial charge on any atom is -0.373 e. The second-order valence-corrected chi connectivity index (χ2v) is 8.98. The molecule has 1 aromatic rings. The number of nitrogens with zero attached hydrogens (tertiary/aromatic N) is 2. The third-order valence-electron chi connectivity index (χ3n) is 5.15. The summed E-state index contributed by atoms with van der Waals surface area (Å²) in [4.78, 5) is 6.52. The molecule has 0 bridgehead atoms. The van der Waals surface area contributed by atoms with Crippen molar-refractivity contribution >= 4 is 23.4 Å². The van der Waals surface area contributed by atoms with Gasteiger partial charge in [-0.1, -0.05) is 23.7 Å². The van der Waals surface area contributed by atoms with E-state index in [-0.39, 0.29) is 0 Å². The van der Waals surface area contributed by atoms with Crippen LogP contribution in [-0.2, 0) is 4.74 Å². The number of benzene rings is 1. The molecule has 3 nitrogen and oxygen atoms in total. The second kappa shape index (κ2) is 9.61. The topological polar surface area (TPSA) is 15.7 Å². The van der Waals surface area contributed by atoms with Gasteiger partial charge in [-0.15, -0.1) is 11.8 Å². The SMILES string of the molecule is C[C@@H]1CN(C[C@@H]2CCCN2CCCSc2ccccc2Cl)C[C@H](C)O1. The monoisotopic (exact) mass is 382 g/mol. The summed E-state index contributed by atoms with van der Waals surface area (Å²) in [5, 5.41) is 0.877. The first-order chi connectivity index (χ1) is 12.1. The molecule has 0 unspecified atom stereocenters. The van der Waals surface area contributed by atoms with Gasteiger partial charge < -0.3 is 4.74 Å². The largest absolute Gasteiger partial charge is 0.373 e. The molecule has 2 saturated heterocycles. The molecule has 0 aliphatic carbocycles. The number of rotatable bonds is 7. The molecule has 0 N–H and O–H groups in total. The van der Waals surface area contributed by atoms with Gasteiger partial charge in [0.1, 0.15) is 0 Å². The smallest absolute Gasteiger partial charge is 0.0678 e. The highest BCUT2D eigenvalue weighted by Crippen LogP contribution is 2.27. The number of likely N-dealkylation sites (tertiary alicyclic amines) is 1. The van der Waals surface area contributed by atoms with E-state index >= 15 is 0 Å². The molecule has 3 rings (SSSR count). The molecular weight excluding hydrogens is 352 g/mol. The molecule has 2 aliphatic rings. The third-order valence-corrected chi connectivity index (χ3v) is 6.75. The maximum atomic E-state index is 6.24. The van der Waals surface area contributed by atoms with Crippen molar-refractivity contribution in [1.82, 2.24) is 9.80 Å². The lowest BCUT2D eigenvalue weighted by atomic mass is 10.1. The number of morpholine rings is 1. The summed E-state index contributed by atoms with van der Waals surface area (Å²) in [7, 11) is 0. The maximum Gasteiger partial charge on any atom is 0.0678 e. The highest BCUT2D eigenvalue weighted by atomic mass is 35.5. The summed E-state index contributed by atoms with van der Waals surface area (Å²) >= 11 is 8.12. The summed E-state index contributed by atoms with van der Waals surface area (Å²) in [6.45, 7) is 10.2. The molecule has 1 aromatic carbocycles. The van der Waals surface area contributed by atoms with Crippen LogP contribution in [-0.4, -0.2) is 66.5 Å². The van der Waals surface area contributed by atoms with Crippen LogP contribution in [0.1, 0.15) is 33.1 Å². The van der Waals surface area contributed by atoms with Crippen molar-refractivity contribution in [3.63, 3.8) is 0 Å². The van der Waals surface area contributed by atoms with Gasteiger partial charge in [0.05, 0.1) is 17.2 Å². The van der Waals surface area contributed by atoms with Crippen LogP contribution in [0.3, 0.4) is 0 Å². The molecule has 3 atom stereocenters. The molecular formula is C20H31ClN2OS. The number of ether oxygens (including phenoxy) is 1. The van der Waals surface area contributed by atoms with Crippen LogP contribution in [0.25, 0.3) is 0 Å². The fourth-order valence-corrected chi connectivity index (χ4v) is 5.31. The maximum absolute atomic E-state index is 6.24. The predicted molar refractivity (Wildman–Crippen MR) is 108 cm³/mol. The van der Waals surface area contributed by atoms with E-state index in [0.29, 0.717) is 12.2 Å². The molecule has 5 heteroatoms. The summed E-state index contributed by atoms with van der Waals surface area (Å²) in [5.74, 6) is 1.14. The van der Waals surface area contributed by atoms with Gasteiger partial charge in [-0.25, -0.2) is 0 Å². The number of halogens is 1. The molecule has 0 spiro atoms. The van der Waals surface area contributed by atoms with Gasteiger partial charge in [0.25, 0.3) is 0 Å². The lowest BCUT2D eigenvalue weighted by Crippen LogP contribution is -2.50. The van der Waals surface area contributed by atoms with E-state index in [1.807, 2.05) is 23.9 Å². The second-order valence-electron chi connectivity index (χ2n) is 7.44. The van der Waals surface area contributed by atoms with E-state index in [2.05, 4.69) is 35.8 Å². The van der Waals surface area contributed by atoms with Crippen LogP contribution in [0.5, 0.6) is 0 Å². The Morgan fingerprint density at radius 3 is 2.72 bits per heavy atom. The lowest BCUT2D eigenvalue weighted by Gasteiger charge is -2.38. The minimum atomic E-state index is 0.366. The Hall–Kier alpha value is -0.260. The van der Waals surface area contributed by atoms with Crippen LogP contribution in [0, 0.1) is 0 Å². The molecule has 140 valence electrons. The quantitative estimate of drug-likeness (QED) is 0.513. The van der Waals surface area contributed by atoms with Crippen LogP contribution in [0.4, 0.5) is 0 Å². The van der Waals surface area contributed by atoms with Crippen molar-refractivity contribution < 1.29 is 4.74 Å². The van der Waals surface area contributed by atoms with Gasteiger partial charge >= 0.3 is 0 Å². The fraction of sp³-hybridized carbons (Fsp3) is 0.700. The summed E-state index contributed by atoms with van der Waals surface area (Å²) in [6.07, 6.45) is 4.65. The summed E-state index contributed by atoms with van der Waals surface area (Å²) in [5.41, 5.74) is 0. The number of thioether (sulfide) groups is 1.